The molecule has 3 aromatic carbocycles. The van der Waals surface area contributed by atoms with E-state index in [1.54, 1.807) is 0 Å². The average molecular weight is 460 g/mol. The van der Waals surface area contributed by atoms with Gasteiger partial charge in [-0.15, -0.1) is 0 Å². The SMILES string of the molecule is O=C1/C(=C/c2cccc(OCc3cccc4ccccc34)c2)SC(=S)N1C1CCCCC1. The van der Waals surface area contributed by atoms with Crippen LogP contribution in [0.4, 0.5) is 0 Å². The van der Waals surface area contributed by atoms with Gasteiger partial charge in [0, 0.05) is 6.04 Å². The van der Waals surface area contributed by atoms with Crippen molar-refractivity contribution in [3.05, 3.63) is 82.8 Å². The van der Waals surface area contributed by atoms with E-state index in [9.17, 15) is 4.79 Å². The van der Waals surface area contributed by atoms with Gasteiger partial charge >= 0.3 is 0 Å². The summed E-state index contributed by atoms with van der Waals surface area (Å²) in [5, 5.41) is 2.42. The summed E-state index contributed by atoms with van der Waals surface area (Å²) in [6.07, 6.45) is 7.65. The maximum atomic E-state index is 13.1. The van der Waals surface area contributed by atoms with Crippen molar-refractivity contribution in [2.24, 2.45) is 0 Å². The van der Waals surface area contributed by atoms with Crippen LogP contribution in [0, 0.1) is 0 Å². The summed E-state index contributed by atoms with van der Waals surface area (Å²) < 4.78 is 6.80. The van der Waals surface area contributed by atoms with E-state index in [-0.39, 0.29) is 11.9 Å². The van der Waals surface area contributed by atoms with Gasteiger partial charge in [0.25, 0.3) is 5.91 Å². The minimum absolute atomic E-state index is 0.0500. The Hall–Kier alpha value is -2.63. The van der Waals surface area contributed by atoms with Crippen molar-refractivity contribution in [3.8, 4) is 5.75 Å². The molecule has 5 heteroatoms. The third-order valence-corrected chi connectivity index (χ3v) is 7.52. The monoisotopic (exact) mass is 459 g/mol. The largest absolute Gasteiger partial charge is 0.489 e. The Morgan fingerprint density at radius 3 is 2.66 bits per heavy atom. The van der Waals surface area contributed by atoms with Crippen molar-refractivity contribution in [1.82, 2.24) is 4.90 Å². The van der Waals surface area contributed by atoms with Crippen LogP contribution in [0.1, 0.15) is 43.2 Å². The summed E-state index contributed by atoms with van der Waals surface area (Å²) >= 11 is 6.97. The molecule has 1 saturated heterocycles. The van der Waals surface area contributed by atoms with Gasteiger partial charge in [0.2, 0.25) is 0 Å². The molecule has 0 N–H and O–H groups in total. The molecule has 2 aliphatic rings. The maximum absolute atomic E-state index is 13.1. The van der Waals surface area contributed by atoms with Crippen LogP contribution in [0.2, 0.25) is 0 Å². The van der Waals surface area contributed by atoms with Gasteiger partial charge < -0.3 is 4.74 Å². The lowest BCUT2D eigenvalue weighted by Gasteiger charge is -2.29. The third kappa shape index (κ3) is 4.45. The van der Waals surface area contributed by atoms with Crippen LogP contribution in [-0.4, -0.2) is 21.2 Å². The molecule has 3 aromatic rings. The second-order valence-corrected chi connectivity index (χ2v) is 10.0. The second kappa shape index (κ2) is 9.47. The zero-order valence-electron chi connectivity index (χ0n) is 17.8. The fourth-order valence-corrected chi connectivity index (χ4v) is 5.96. The Labute approximate surface area is 198 Å². The van der Waals surface area contributed by atoms with E-state index in [0.29, 0.717) is 15.8 Å². The number of hydrogen-bond donors (Lipinski definition) is 0. The molecule has 0 aromatic heterocycles. The molecule has 1 aliphatic heterocycles. The third-order valence-electron chi connectivity index (χ3n) is 6.19. The fraction of sp³-hybridized carbons (Fsp3) is 0.259. The maximum Gasteiger partial charge on any atom is 0.266 e. The Kier molecular flexibility index (Phi) is 6.28. The summed E-state index contributed by atoms with van der Waals surface area (Å²) in [6, 6.07) is 22.8. The van der Waals surface area contributed by atoms with Crippen LogP contribution in [-0.2, 0) is 11.4 Å². The molecule has 0 spiro atoms. The van der Waals surface area contributed by atoms with Gasteiger partial charge in [0.15, 0.2) is 0 Å². The Morgan fingerprint density at radius 2 is 1.78 bits per heavy atom. The number of thiocarbonyl (C=S) groups is 1. The number of amides is 1. The molecule has 1 aliphatic carbocycles. The van der Waals surface area contributed by atoms with E-state index in [2.05, 4.69) is 36.4 Å². The number of ether oxygens (including phenoxy) is 1. The second-order valence-electron chi connectivity index (χ2n) is 8.34. The first-order valence-corrected chi connectivity index (χ1v) is 12.4. The highest BCUT2D eigenvalue weighted by atomic mass is 32.2. The van der Waals surface area contributed by atoms with Gasteiger partial charge in [0.05, 0.1) is 4.91 Å². The van der Waals surface area contributed by atoms with Crippen molar-refractivity contribution in [3.63, 3.8) is 0 Å². The number of rotatable bonds is 5. The smallest absolute Gasteiger partial charge is 0.266 e. The van der Waals surface area contributed by atoms with E-state index >= 15 is 0 Å². The molecular formula is C27H25NO2S2. The van der Waals surface area contributed by atoms with Gasteiger partial charge in [-0.3, -0.25) is 9.69 Å². The van der Waals surface area contributed by atoms with E-state index in [0.717, 1.165) is 29.7 Å². The van der Waals surface area contributed by atoms with Crippen molar-refractivity contribution < 1.29 is 9.53 Å². The first-order chi connectivity index (χ1) is 15.7. The summed E-state index contributed by atoms with van der Waals surface area (Å²) in [4.78, 5) is 15.6. The highest BCUT2D eigenvalue weighted by molar-refractivity contribution is 8.26. The summed E-state index contributed by atoms with van der Waals surface area (Å²) in [5.74, 6) is 0.837. The molecule has 0 atom stereocenters. The molecular weight excluding hydrogens is 434 g/mol. The minimum Gasteiger partial charge on any atom is -0.489 e. The highest BCUT2D eigenvalue weighted by Gasteiger charge is 2.37. The predicted molar refractivity (Wildman–Crippen MR) is 137 cm³/mol. The average Bonchev–Trinajstić information content (AvgIpc) is 3.11. The number of nitrogens with zero attached hydrogens (tertiary/aromatic N) is 1. The van der Waals surface area contributed by atoms with Gasteiger partial charge in [-0.25, -0.2) is 0 Å². The standard InChI is InChI=1S/C27H25NO2S2/c29-26-25(32-27(31)28(26)22-12-2-1-3-13-22)17-19-8-6-14-23(16-19)30-18-21-11-7-10-20-9-4-5-15-24(20)21/h4-11,14-17,22H,1-3,12-13,18H2/b25-17-. The molecule has 5 rings (SSSR count). The molecule has 32 heavy (non-hydrogen) atoms. The Bertz CT molecular complexity index is 1190. The van der Waals surface area contributed by atoms with Crippen molar-refractivity contribution in [2.45, 2.75) is 44.8 Å². The quantitative estimate of drug-likeness (QED) is 0.305. The first-order valence-electron chi connectivity index (χ1n) is 11.2. The van der Waals surface area contributed by atoms with Crippen LogP contribution < -0.4 is 4.74 Å². The van der Waals surface area contributed by atoms with Crippen molar-refractivity contribution in [2.75, 3.05) is 0 Å². The number of carbonyl (C=O) groups is 1. The lowest BCUT2D eigenvalue weighted by molar-refractivity contribution is -0.124. The molecule has 0 bridgehead atoms. The van der Waals surface area contributed by atoms with E-state index in [4.69, 9.17) is 17.0 Å². The molecule has 162 valence electrons. The molecule has 0 radical (unpaired) electrons. The summed E-state index contributed by atoms with van der Waals surface area (Å²) in [7, 11) is 0. The van der Waals surface area contributed by atoms with Gasteiger partial charge in [-0.1, -0.05) is 97.8 Å². The normalized spacial score (nSPS) is 18.6. The lowest BCUT2D eigenvalue weighted by Crippen LogP contribution is -2.39. The summed E-state index contributed by atoms with van der Waals surface area (Å²) in [6.45, 7) is 0.495. The van der Waals surface area contributed by atoms with Gasteiger partial charge in [0.1, 0.15) is 16.7 Å². The molecule has 2 fully saturated rings. The van der Waals surface area contributed by atoms with E-state index in [1.165, 1.54) is 41.8 Å². The lowest BCUT2D eigenvalue weighted by atomic mass is 9.94. The predicted octanol–water partition coefficient (Wildman–Crippen LogP) is 6.95. The Balaban J connectivity index is 1.31. The van der Waals surface area contributed by atoms with Crippen molar-refractivity contribution >= 4 is 51.1 Å². The fourth-order valence-electron chi connectivity index (χ4n) is 4.56. The molecule has 1 heterocycles. The van der Waals surface area contributed by atoms with Gasteiger partial charge in [-0.2, -0.15) is 0 Å². The van der Waals surface area contributed by atoms with Gasteiger partial charge in [-0.05, 0) is 52.9 Å². The van der Waals surface area contributed by atoms with Crippen molar-refractivity contribution in [1.29, 1.82) is 0 Å². The topological polar surface area (TPSA) is 29.5 Å². The molecule has 1 amide bonds. The van der Waals surface area contributed by atoms with Crippen LogP contribution >= 0.6 is 24.0 Å². The number of thioether (sulfide) groups is 1. The van der Waals surface area contributed by atoms with E-state index < -0.39 is 0 Å². The summed E-state index contributed by atoms with van der Waals surface area (Å²) in [5.41, 5.74) is 2.10. The van der Waals surface area contributed by atoms with Crippen LogP contribution in [0.5, 0.6) is 5.75 Å². The number of fused-ring (bicyclic) bond motifs is 1. The first kappa shape index (κ1) is 21.2. The molecule has 1 saturated carbocycles. The van der Waals surface area contributed by atoms with Crippen LogP contribution in [0.15, 0.2) is 71.6 Å². The zero-order chi connectivity index (χ0) is 21.9. The minimum atomic E-state index is 0.0500. The molecule has 3 nitrogen and oxygen atoms in total. The van der Waals surface area contributed by atoms with Crippen LogP contribution in [0.3, 0.4) is 0 Å². The van der Waals surface area contributed by atoms with E-state index in [1.807, 2.05) is 41.3 Å². The number of carbonyl (C=O) groups excluding carboxylic acids is 1. The number of hydrogen-bond acceptors (Lipinski definition) is 4. The Morgan fingerprint density at radius 1 is 1.00 bits per heavy atom. The molecule has 0 unspecified atom stereocenters. The highest BCUT2D eigenvalue weighted by Crippen LogP contribution is 2.37. The van der Waals surface area contributed by atoms with Crippen LogP contribution in [0.25, 0.3) is 16.8 Å². The number of benzene rings is 3. The zero-order valence-corrected chi connectivity index (χ0v) is 19.5.